The largest absolute Gasteiger partial charge is 0.331 e. The van der Waals surface area contributed by atoms with Crippen LogP contribution in [0.15, 0.2) is 72.4 Å². The van der Waals surface area contributed by atoms with Crippen molar-refractivity contribution in [2.45, 2.75) is 13.5 Å². The fourth-order valence-electron chi connectivity index (χ4n) is 2.92. The maximum Gasteiger partial charge on any atom is 0.255 e. The van der Waals surface area contributed by atoms with Crippen LogP contribution >= 0.6 is 11.3 Å². The van der Waals surface area contributed by atoms with Gasteiger partial charge in [-0.05, 0) is 54.4 Å². The highest BCUT2D eigenvalue weighted by atomic mass is 32.1. The highest BCUT2D eigenvalue weighted by molar-refractivity contribution is 7.14. The molecule has 0 aliphatic carbocycles. The number of nitrogens with one attached hydrogen (secondary N) is 2. The Balaban J connectivity index is 1.49. The maximum atomic E-state index is 12.5. The van der Waals surface area contributed by atoms with Crippen molar-refractivity contribution in [1.29, 1.82) is 0 Å². The lowest BCUT2D eigenvalue weighted by Gasteiger charge is -2.11. The van der Waals surface area contributed by atoms with Gasteiger partial charge in [0.2, 0.25) is 0 Å². The summed E-state index contributed by atoms with van der Waals surface area (Å²) in [6, 6.07) is 16.9. The number of hydrogen-bond donors (Lipinski definition) is 3. The number of hydrogen-bond acceptors (Lipinski definition) is 6. The third-order valence-electron chi connectivity index (χ3n) is 4.65. The number of aryl methyl sites for hydroxylation is 1. The van der Waals surface area contributed by atoms with Gasteiger partial charge in [0.05, 0.1) is 5.69 Å². The van der Waals surface area contributed by atoms with Crippen LogP contribution in [0.4, 0.5) is 16.5 Å². The summed E-state index contributed by atoms with van der Waals surface area (Å²) in [6.07, 6.45) is 3.53. The molecule has 4 rings (SSSR count). The number of thiazole rings is 1. The van der Waals surface area contributed by atoms with Crippen LogP contribution < -0.4 is 16.4 Å². The first-order valence-electron chi connectivity index (χ1n) is 9.46. The van der Waals surface area contributed by atoms with Crippen molar-refractivity contribution in [3.63, 3.8) is 0 Å². The van der Waals surface area contributed by atoms with Gasteiger partial charge < -0.3 is 16.4 Å². The SMILES string of the molecule is Cc1ccc(NC(=O)c2ccc(CN)cc2)cc1Nc1nc(-c2cccnc2)cs1. The van der Waals surface area contributed by atoms with Gasteiger partial charge in [-0.2, -0.15) is 0 Å². The topological polar surface area (TPSA) is 92.9 Å². The number of benzene rings is 2. The summed E-state index contributed by atoms with van der Waals surface area (Å²) in [5.41, 5.74) is 11.7. The molecule has 0 bridgehead atoms. The molecule has 0 radical (unpaired) electrons. The molecule has 150 valence electrons. The van der Waals surface area contributed by atoms with E-state index in [4.69, 9.17) is 5.73 Å². The van der Waals surface area contributed by atoms with Crippen LogP contribution in [0, 0.1) is 6.92 Å². The van der Waals surface area contributed by atoms with E-state index in [1.54, 1.807) is 24.5 Å². The monoisotopic (exact) mass is 415 g/mol. The Bertz CT molecular complexity index is 1160. The number of carbonyl (C=O) groups excluding carboxylic acids is 1. The van der Waals surface area contributed by atoms with Gasteiger partial charge in [-0.1, -0.05) is 18.2 Å². The molecular weight excluding hydrogens is 394 g/mol. The molecule has 0 saturated carbocycles. The van der Waals surface area contributed by atoms with Gasteiger partial charge in [0.1, 0.15) is 0 Å². The summed E-state index contributed by atoms with van der Waals surface area (Å²) >= 11 is 1.52. The number of nitrogens with two attached hydrogens (primary N) is 1. The first-order chi connectivity index (χ1) is 14.6. The second kappa shape index (κ2) is 8.86. The molecule has 30 heavy (non-hydrogen) atoms. The summed E-state index contributed by atoms with van der Waals surface area (Å²) in [4.78, 5) is 21.3. The zero-order chi connectivity index (χ0) is 20.9. The lowest BCUT2D eigenvalue weighted by molar-refractivity contribution is 0.102. The number of nitrogens with zero attached hydrogens (tertiary/aromatic N) is 2. The van der Waals surface area contributed by atoms with Gasteiger partial charge in [0, 0.05) is 46.8 Å². The molecule has 0 atom stereocenters. The Morgan fingerprint density at radius 2 is 1.97 bits per heavy atom. The van der Waals surface area contributed by atoms with E-state index in [0.717, 1.165) is 33.2 Å². The standard InChI is InChI=1S/C23H21N5OS/c1-15-4-9-19(26-22(29)17-7-5-16(12-24)6-8-17)11-20(15)27-23-28-21(14-30-23)18-3-2-10-25-13-18/h2-11,13-14H,12,24H2,1H3,(H,26,29)(H,27,28). The molecule has 2 aromatic heterocycles. The third kappa shape index (κ3) is 4.53. The number of amides is 1. The minimum atomic E-state index is -0.165. The van der Waals surface area contributed by atoms with E-state index < -0.39 is 0 Å². The summed E-state index contributed by atoms with van der Waals surface area (Å²) in [5.74, 6) is -0.165. The molecule has 7 heteroatoms. The van der Waals surface area contributed by atoms with E-state index in [1.165, 1.54) is 11.3 Å². The predicted octanol–water partition coefficient (Wildman–Crippen LogP) is 4.97. The summed E-state index contributed by atoms with van der Waals surface area (Å²) in [5, 5.41) is 9.06. The van der Waals surface area contributed by atoms with E-state index >= 15 is 0 Å². The Hall–Kier alpha value is -3.55. The molecule has 4 aromatic rings. The average molecular weight is 416 g/mol. The predicted molar refractivity (Wildman–Crippen MR) is 122 cm³/mol. The van der Waals surface area contributed by atoms with E-state index in [9.17, 15) is 4.79 Å². The molecule has 2 heterocycles. The van der Waals surface area contributed by atoms with Gasteiger partial charge in [-0.25, -0.2) is 4.98 Å². The fraction of sp³-hybridized carbons (Fsp3) is 0.0870. The van der Waals surface area contributed by atoms with Crippen LogP contribution in [-0.4, -0.2) is 15.9 Å². The highest BCUT2D eigenvalue weighted by Gasteiger charge is 2.10. The van der Waals surface area contributed by atoms with Gasteiger partial charge >= 0.3 is 0 Å². The van der Waals surface area contributed by atoms with Crippen molar-refractivity contribution in [2.75, 3.05) is 10.6 Å². The van der Waals surface area contributed by atoms with Gasteiger partial charge in [0.15, 0.2) is 5.13 Å². The Morgan fingerprint density at radius 3 is 2.70 bits per heavy atom. The first-order valence-corrected chi connectivity index (χ1v) is 10.3. The van der Waals surface area contributed by atoms with Crippen molar-refractivity contribution >= 4 is 33.8 Å². The van der Waals surface area contributed by atoms with Crippen molar-refractivity contribution in [3.8, 4) is 11.3 Å². The molecule has 1 amide bonds. The zero-order valence-electron chi connectivity index (χ0n) is 16.4. The van der Waals surface area contributed by atoms with Crippen molar-refractivity contribution < 1.29 is 4.79 Å². The Morgan fingerprint density at radius 1 is 1.13 bits per heavy atom. The number of rotatable bonds is 6. The van der Waals surface area contributed by atoms with Crippen molar-refractivity contribution in [3.05, 3.63) is 89.1 Å². The molecule has 0 saturated heterocycles. The lowest BCUT2D eigenvalue weighted by atomic mass is 10.1. The van der Waals surface area contributed by atoms with Crippen LogP contribution in [0.25, 0.3) is 11.3 Å². The van der Waals surface area contributed by atoms with Gasteiger partial charge in [-0.3, -0.25) is 9.78 Å². The third-order valence-corrected chi connectivity index (χ3v) is 5.41. The van der Waals surface area contributed by atoms with E-state index in [0.29, 0.717) is 17.8 Å². The molecule has 0 aliphatic rings. The smallest absolute Gasteiger partial charge is 0.255 e. The summed E-state index contributed by atoms with van der Waals surface area (Å²) in [6.45, 7) is 2.46. The number of aromatic nitrogens is 2. The van der Waals surface area contributed by atoms with Crippen LogP contribution in [0.1, 0.15) is 21.5 Å². The quantitative estimate of drug-likeness (QED) is 0.413. The second-order valence-electron chi connectivity index (χ2n) is 6.79. The molecular formula is C23H21N5OS. The molecule has 0 fully saturated rings. The minimum absolute atomic E-state index is 0.165. The van der Waals surface area contributed by atoms with Crippen molar-refractivity contribution in [1.82, 2.24) is 9.97 Å². The number of pyridine rings is 1. The van der Waals surface area contributed by atoms with Gasteiger partial charge in [0.25, 0.3) is 5.91 Å². The molecule has 2 aromatic carbocycles. The molecule has 6 nitrogen and oxygen atoms in total. The summed E-state index contributed by atoms with van der Waals surface area (Å²) < 4.78 is 0. The van der Waals surface area contributed by atoms with Crippen LogP contribution in [-0.2, 0) is 6.54 Å². The zero-order valence-corrected chi connectivity index (χ0v) is 17.2. The second-order valence-corrected chi connectivity index (χ2v) is 7.65. The normalized spacial score (nSPS) is 10.6. The number of anilines is 3. The van der Waals surface area contributed by atoms with Crippen molar-refractivity contribution in [2.24, 2.45) is 5.73 Å². The van der Waals surface area contributed by atoms with Gasteiger partial charge in [-0.15, -0.1) is 11.3 Å². The molecule has 0 unspecified atom stereocenters. The first kappa shape index (κ1) is 19.8. The molecule has 0 spiro atoms. The van der Waals surface area contributed by atoms with E-state index in [-0.39, 0.29) is 5.91 Å². The average Bonchev–Trinajstić information content (AvgIpc) is 3.25. The molecule has 0 aliphatic heterocycles. The lowest BCUT2D eigenvalue weighted by Crippen LogP contribution is -2.12. The maximum absolute atomic E-state index is 12.5. The Kier molecular flexibility index (Phi) is 5.83. The van der Waals surface area contributed by atoms with Crippen LogP contribution in [0.2, 0.25) is 0 Å². The van der Waals surface area contributed by atoms with E-state index in [2.05, 4.69) is 20.6 Å². The van der Waals surface area contributed by atoms with Crippen LogP contribution in [0.5, 0.6) is 0 Å². The summed E-state index contributed by atoms with van der Waals surface area (Å²) in [7, 11) is 0. The van der Waals surface area contributed by atoms with E-state index in [1.807, 2.05) is 54.8 Å². The highest BCUT2D eigenvalue weighted by Crippen LogP contribution is 2.29. The van der Waals surface area contributed by atoms with Crippen LogP contribution in [0.3, 0.4) is 0 Å². The molecule has 4 N–H and O–H groups in total. The minimum Gasteiger partial charge on any atom is -0.331 e. The number of carbonyl (C=O) groups is 1. The Labute approximate surface area is 178 Å². The fourth-order valence-corrected chi connectivity index (χ4v) is 3.66.